The van der Waals surface area contributed by atoms with Gasteiger partial charge >= 0.3 is 0 Å². The fourth-order valence-electron chi connectivity index (χ4n) is 1.78. The third kappa shape index (κ3) is 2.85. The third-order valence-corrected chi connectivity index (χ3v) is 4.65. The minimum atomic E-state index is -0.0827. The molecule has 0 saturated heterocycles. The molecule has 0 fully saturated rings. The number of halogens is 2. The monoisotopic (exact) mass is 286 g/mol. The number of hydrogen-bond acceptors (Lipinski definition) is 0. The molecule has 0 bridgehead atoms. The van der Waals surface area contributed by atoms with Gasteiger partial charge in [-0.2, -0.15) is 0 Å². The molecule has 0 aliphatic heterocycles. The average Bonchev–Trinajstić information content (AvgIpc) is 2.22. The maximum absolute atomic E-state index is 13.5. The molecule has 2 heteroatoms. The van der Waals surface area contributed by atoms with Crippen LogP contribution >= 0.6 is 15.9 Å². The van der Waals surface area contributed by atoms with Gasteiger partial charge in [0.2, 0.25) is 0 Å². The van der Waals surface area contributed by atoms with E-state index in [0.717, 1.165) is 11.1 Å². The van der Waals surface area contributed by atoms with Crippen molar-refractivity contribution in [3.05, 3.63) is 34.6 Å². The molecule has 0 aliphatic carbocycles. The fourth-order valence-corrected chi connectivity index (χ4v) is 2.65. The van der Waals surface area contributed by atoms with Crippen molar-refractivity contribution in [2.45, 2.75) is 39.4 Å². The van der Waals surface area contributed by atoms with Crippen LogP contribution in [0.4, 0.5) is 4.39 Å². The SMILES string of the molecule is Cc1cc(C(Br)C(C)C(C)C)cc(C)c1F. The van der Waals surface area contributed by atoms with E-state index in [0.29, 0.717) is 16.7 Å². The summed E-state index contributed by atoms with van der Waals surface area (Å²) in [5.41, 5.74) is 2.64. The van der Waals surface area contributed by atoms with Crippen LogP contribution in [0.3, 0.4) is 0 Å². The molecule has 2 atom stereocenters. The van der Waals surface area contributed by atoms with Crippen LogP contribution in [0, 0.1) is 31.5 Å². The first kappa shape index (κ1) is 13.7. The molecular formula is C14H20BrF. The Kier molecular flexibility index (Phi) is 4.54. The Balaban J connectivity index is 3.05. The van der Waals surface area contributed by atoms with Gasteiger partial charge in [0.05, 0.1) is 0 Å². The van der Waals surface area contributed by atoms with Crippen LogP contribution in [0.1, 0.15) is 42.3 Å². The first-order chi connectivity index (χ1) is 7.34. The van der Waals surface area contributed by atoms with Gasteiger partial charge in [-0.05, 0) is 42.4 Å². The predicted molar refractivity (Wildman–Crippen MR) is 71.5 cm³/mol. The number of rotatable bonds is 3. The first-order valence-electron chi connectivity index (χ1n) is 5.75. The Bertz CT molecular complexity index is 348. The molecular weight excluding hydrogens is 267 g/mol. The van der Waals surface area contributed by atoms with Crippen LogP contribution in [-0.2, 0) is 0 Å². The van der Waals surface area contributed by atoms with Crippen molar-refractivity contribution < 1.29 is 4.39 Å². The van der Waals surface area contributed by atoms with E-state index in [9.17, 15) is 4.39 Å². The molecule has 2 unspecified atom stereocenters. The van der Waals surface area contributed by atoms with Gasteiger partial charge in [-0.3, -0.25) is 0 Å². The van der Waals surface area contributed by atoms with E-state index >= 15 is 0 Å². The first-order valence-corrected chi connectivity index (χ1v) is 6.66. The highest BCUT2D eigenvalue weighted by atomic mass is 79.9. The standard InChI is InChI=1S/C14H20BrF/c1-8(2)11(5)13(15)12-6-9(3)14(16)10(4)7-12/h6-8,11,13H,1-5H3. The van der Waals surface area contributed by atoms with Crippen molar-refractivity contribution in [1.82, 2.24) is 0 Å². The highest BCUT2D eigenvalue weighted by molar-refractivity contribution is 9.09. The summed E-state index contributed by atoms with van der Waals surface area (Å²) in [5.74, 6) is 1.06. The lowest BCUT2D eigenvalue weighted by atomic mass is 9.89. The van der Waals surface area contributed by atoms with Crippen molar-refractivity contribution in [2.75, 3.05) is 0 Å². The molecule has 1 aromatic carbocycles. The highest BCUT2D eigenvalue weighted by Gasteiger charge is 2.20. The second-order valence-corrected chi connectivity index (χ2v) is 5.96. The Morgan fingerprint density at radius 1 is 1.06 bits per heavy atom. The van der Waals surface area contributed by atoms with E-state index in [1.54, 1.807) is 0 Å². The molecule has 0 saturated carbocycles. The van der Waals surface area contributed by atoms with Crippen molar-refractivity contribution in [2.24, 2.45) is 11.8 Å². The Labute approximate surface area is 106 Å². The zero-order valence-electron chi connectivity index (χ0n) is 10.6. The van der Waals surface area contributed by atoms with Crippen LogP contribution in [0.15, 0.2) is 12.1 Å². The summed E-state index contributed by atoms with van der Waals surface area (Å²) in [6, 6.07) is 3.89. The minimum Gasteiger partial charge on any atom is -0.206 e. The van der Waals surface area contributed by atoms with Gasteiger partial charge in [-0.1, -0.05) is 48.8 Å². The van der Waals surface area contributed by atoms with Crippen LogP contribution in [0.25, 0.3) is 0 Å². The van der Waals surface area contributed by atoms with Crippen LogP contribution in [0.5, 0.6) is 0 Å². The molecule has 0 radical (unpaired) electrons. The Morgan fingerprint density at radius 2 is 1.50 bits per heavy atom. The molecule has 0 heterocycles. The molecule has 90 valence electrons. The van der Waals surface area contributed by atoms with Crippen LogP contribution < -0.4 is 0 Å². The molecule has 0 amide bonds. The van der Waals surface area contributed by atoms with Crippen LogP contribution in [-0.4, -0.2) is 0 Å². The topological polar surface area (TPSA) is 0 Å². The summed E-state index contributed by atoms with van der Waals surface area (Å²) in [6.45, 7) is 10.3. The number of aryl methyl sites for hydroxylation is 2. The van der Waals surface area contributed by atoms with Crippen molar-refractivity contribution in [3.63, 3.8) is 0 Å². The maximum Gasteiger partial charge on any atom is 0.129 e. The summed E-state index contributed by atoms with van der Waals surface area (Å²) in [6.07, 6.45) is 0. The number of hydrogen-bond donors (Lipinski definition) is 0. The lowest BCUT2D eigenvalue weighted by molar-refractivity contribution is 0.414. The summed E-state index contributed by atoms with van der Waals surface area (Å²) in [7, 11) is 0. The molecule has 0 N–H and O–H groups in total. The Morgan fingerprint density at radius 3 is 1.88 bits per heavy atom. The zero-order chi connectivity index (χ0) is 12.5. The molecule has 0 aromatic heterocycles. The zero-order valence-corrected chi connectivity index (χ0v) is 12.2. The quantitative estimate of drug-likeness (QED) is 0.673. The lowest BCUT2D eigenvalue weighted by Gasteiger charge is -2.23. The second kappa shape index (κ2) is 5.31. The molecule has 0 aliphatic rings. The van der Waals surface area contributed by atoms with Gasteiger partial charge in [0, 0.05) is 4.83 Å². The normalized spacial score (nSPS) is 15.2. The van der Waals surface area contributed by atoms with E-state index in [1.807, 2.05) is 26.0 Å². The molecule has 1 aromatic rings. The van der Waals surface area contributed by atoms with Gasteiger partial charge < -0.3 is 0 Å². The van der Waals surface area contributed by atoms with E-state index in [4.69, 9.17) is 0 Å². The highest BCUT2D eigenvalue weighted by Crippen LogP contribution is 2.36. The van der Waals surface area contributed by atoms with E-state index in [2.05, 4.69) is 36.7 Å². The van der Waals surface area contributed by atoms with Gasteiger partial charge in [-0.15, -0.1) is 0 Å². The fraction of sp³-hybridized carbons (Fsp3) is 0.571. The predicted octanol–water partition coefficient (Wildman–Crippen LogP) is 5.17. The smallest absolute Gasteiger partial charge is 0.129 e. The largest absolute Gasteiger partial charge is 0.206 e. The van der Waals surface area contributed by atoms with Crippen molar-refractivity contribution in [3.8, 4) is 0 Å². The summed E-state index contributed by atoms with van der Waals surface area (Å²) in [5, 5.41) is 0. The van der Waals surface area contributed by atoms with E-state index in [1.165, 1.54) is 5.56 Å². The average molecular weight is 287 g/mol. The van der Waals surface area contributed by atoms with E-state index < -0.39 is 0 Å². The summed E-state index contributed by atoms with van der Waals surface area (Å²) < 4.78 is 13.5. The summed E-state index contributed by atoms with van der Waals surface area (Å²) >= 11 is 3.72. The molecule has 0 nitrogen and oxygen atoms in total. The lowest BCUT2D eigenvalue weighted by Crippen LogP contribution is -2.11. The van der Waals surface area contributed by atoms with Gasteiger partial charge in [0.1, 0.15) is 5.82 Å². The summed E-state index contributed by atoms with van der Waals surface area (Å²) in [4.78, 5) is 0.297. The van der Waals surface area contributed by atoms with Crippen LogP contribution in [0.2, 0.25) is 0 Å². The van der Waals surface area contributed by atoms with Gasteiger partial charge in [0.25, 0.3) is 0 Å². The van der Waals surface area contributed by atoms with E-state index in [-0.39, 0.29) is 5.82 Å². The maximum atomic E-state index is 13.5. The Hall–Kier alpha value is -0.370. The number of benzene rings is 1. The number of alkyl halides is 1. The molecule has 16 heavy (non-hydrogen) atoms. The molecule has 1 rings (SSSR count). The van der Waals surface area contributed by atoms with Crippen molar-refractivity contribution in [1.29, 1.82) is 0 Å². The molecule has 0 spiro atoms. The van der Waals surface area contributed by atoms with Gasteiger partial charge in [-0.25, -0.2) is 4.39 Å². The third-order valence-electron chi connectivity index (χ3n) is 3.29. The minimum absolute atomic E-state index is 0.0827. The second-order valence-electron chi connectivity index (χ2n) is 4.97. The van der Waals surface area contributed by atoms with Crippen molar-refractivity contribution >= 4 is 15.9 Å². The van der Waals surface area contributed by atoms with Gasteiger partial charge in [0.15, 0.2) is 0 Å².